The third-order valence-corrected chi connectivity index (χ3v) is 7.32. The Hall–Kier alpha value is -4.33. The van der Waals surface area contributed by atoms with Gasteiger partial charge in [-0.05, 0) is 57.3 Å². The number of piperidine rings is 1. The normalized spacial score (nSPS) is 17.1. The summed E-state index contributed by atoms with van der Waals surface area (Å²) in [5.74, 6) is 0.186. The molecular formula is C30H33F3N8O2. The van der Waals surface area contributed by atoms with Crippen LogP contribution in [0.1, 0.15) is 47.1 Å². The van der Waals surface area contributed by atoms with Crippen molar-refractivity contribution in [1.29, 1.82) is 0 Å². The molecule has 0 saturated carbocycles. The number of carbonyl (C=O) groups excluding carboxylic acids is 1. The van der Waals surface area contributed by atoms with E-state index in [9.17, 15) is 23.1 Å². The van der Waals surface area contributed by atoms with Gasteiger partial charge in [-0.25, -0.2) is 15.0 Å². The average molecular weight is 595 g/mol. The lowest BCUT2D eigenvalue weighted by Crippen LogP contribution is -2.41. The van der Waals surface area contributed by atoms with Gasteiger partial charge >= 0.3 is 6.18 Å². The number of benzene rings is 1. The number of hydrogen-bond donors (Lipinski definition) is 3. The Bertz CT molecular complexity index is 1620. The first-order valence-electron chi connectivity index (χ1n) is 13.9. The molecule has 4 N–H and O–H groups in total. The number of imidazole rings is 1. The second-order valence-electron chi connectivity index (χ2n) is 10.7. The van der Waals surface area contributed by atoms with Crippen molar-refractivity contribution in [2.24, 2.45) is 0 Å². The molecule has 2 unspecified atom stereocenters. The van der Waals surface area contributed by atoms with Crippen molar-refractivity contribution in [2.75, 3.05) is 38.2 Å². The molecule has 1 aliphatic rings. The minimum absolute atomic E-state index is 0.180. The van der Waals surface area contributed by atoms with Gasteiger partial charge in [0.05, 0.1) is 11.6 Å². The third kappa shape index (κ3) is 6.69. The lowest BCUT2D eigenvalue weighted by atomic mass is 10.0. The molecule has 0 spiro atoms. The number of aromatic nitrogens is 4. The number of amides is 1. The molecule has 4 heterocycles. The number of anilines is 2. The molecule has 0 bridgehead atoms. The summed E-state index contributed by atoms with van der Waals surface area (Å²) < 4.78 is 41.0. The number of carbonyl (C=O) groups is 1. The summed E-state index contributed by atoms with van der Waals surface area (Å²) in [6, 6.07) is 7.95. The Balaban J connectivity index is 1.43. The van der Waals surface area contributed by atoms with E-state index in [4.69, 9.17) is 10.7 Å². The van der Waals surface area contributed by atoms with Gasteiger partial charge in [-0.2, -0.15) is 13.2 Å². The number of nitrogens with two attached hydrogens (primary N) is 1. The number of alkyl halides is 3. The Morgan fingerprint density at radius 3 is 2.67 bits per heavy atom. The molecule has 0 radical (unpaired) electrons. The molecule has 1 aromatic carbocycles. The highest BCUT2D eigenvalue weighted by atomic mass is 19.4. The fraction of sp³-hybridized carbons (Fsp3) is 0.333. The van der Waals surface area contributed by atoms with Crippen molar-refractivity contribution in [1.82, 2.24) is 29.2 Å². The predicted octanol–water partition coefficient (Wildman–Crippen LogP) is 4.61. The number of aliphatic hydroxyl groups excluding tert-OH is 1. The van der Waals surface area contributed by atoms with E-state index in [-0.39, 0.29) is 23.2 Å². The largest absolute Gasteiger partial charge is 0.416 e. The molecule has 226 valence electrons. The molecule has 4 aromatic rings. The van der Waals surface area contributed by atoms with Crippen molar-refractivity contribution in [3.05, 3.63) is 84.1 Å². The first-order valence-corrected chi connectivity index (χ1v) is 13.9. The van der Waals surface area contributed by atoms with E-state index in [1.807, 2.05) is 34.4 Å². The van der Waals surface area contributed by atoms with Crippen molar-refractivity contribution in [3.8, 4) is 11.3 Å². The number of likely N-dealkylation sites (tertiary alicyclic amines) is 1. The summed E-state index contributed by atoms with van der Waals surface area (Å²) in [6.45, 7) is 1.41. The van der Waals surface area contributed by atoms with Gasteiger partial charge in [0, 0.05) is 42.8 Å². The van der Waals surface area contributed by atoms with Gasteiger partial charge in [0.15, 0.2) is 0 Å². The van der Waals surface area contributed by atoms with E-state index in [0.717, 1.165) is 43.4 Å². The maximum absolute atomic E-state index is 13.0. The van der Waals surface area contributed by atoms with E-state index in [1.54, 1.807) is 42.7 Å². The molecule has 13 heteroatoms. The van der Waals surface area contributed by atoms with Gasteiger partial charge in [-0.1, -0.05) is 24.6 Å². The Morgan fingerprint density at radius 2 is 1.95 bits per heavy atom. The highest BCUT2D eigenvalue weighted by Gasteiger charge is 2.33. The van der Waals surface area contributed by atoms with Crippen LogP contribution in [0.5, 0.6) is 0 Å². The smallest absolute Gasteiger partial charge is 0.382 e. The fourth-order valence-electron chi connectivity index (χ4n) is 5.22. The zero-order chi connectivity index (χ0) is 30.7. The van der Waals surface area contributed by atoms with Crippen LogP contribution in [0.3, 0.4) is 0 Å². The number of pyridine rings is 1. The number of nitrogens with zero attached hydrogens (tertiary/aromatic N) is 6. The zero-order valence-electron chi connectivity index (χ0n) is 23.8. The molecule has 10 nitrogen and oxygen atoms in total. The SMILES string of the molecule is CN(C)CC=CC(O)N1CCCCC1c1nc(-c2ccc(C(=O)Nc3cc(C(F)(F)F)ccn3)cc2)c2c(N)nccn12. The van der Waals surface area contributed by atoms with E-state index in [1.165, 1.54) is 0 Å². The minimum atomic E-state index is -4.55. The highest BCUT2D eigenvalue weighted by molar-refractivity contribution is 6.04. The summed E-state index contributed by atoms with van der Waals surface area (Å²) in [6.07, 6.45) is 5.51. The highest BCUT2D eigenvalue weighted by Crippen LogP contribution is 2.37. The molecule has 0 aliphatic carbocycles. The van der Waals surface area contributed by atoms with Crippen LogP contribution < -0.4 is 11.1 Å². The van der Waals surface area contributed by atoms with Crippen LogP contribution in [-0.4, -0.2) is 73.6 Å². The second kappa shape index (κ2) is 12.5. The molecule has 1 amide bonds. The fourth-order valence-corrected chi connectivity index (χ4v) is 5.22. The minimum Gasteiger partial charge on any atom is -0.382 e. The average Bonchev–Trinajstić information content (AvgIpc) is 3.37. The molecule has 3 aromatic heterocycles. The Kier molecular flexibility index (Phi) is 8.76. The molecule has 2 atom stereocenters. The van der Waals surface area contributed by atoms with Crippen molar-refractivity contribution in [2.45, 2.75) is 37.7 Å². The summed E-state index contributed by atoms with van der Waals surface area (Å²) in [4.78, 5) is 29.9. The van der Waals surface area contributed by atoms with Crippen LogP contribution in [0.4, 0.5) is 24.8 Å². The van der Waals surface area contributed by atoms with Crippen LogP contribution >= 0.6 is 0 Å². The third-order valence-electron chi connectivity index (χ3n) is 7.32. The number of halogens is 3. The van der Waals surface area contributed by atoms with Gasteiger partial charge < -0.3 is 21.1 Å². The standard InChI is InChI=1S/C30H33F3N8O2/c1-39(2)15-5-7-24(42)40-16-4-3-6-22(40)28-38-25(26-27(34)36-14-17-41(26)28)19-8-10-20(11-9-19)29(43)37-23-18-21(12-13-35-23)30(31,32)33/h5,7-14,17-18,22,24,42H,3-4,6,15-16H2,1-2H3,(H2,34,36)(H,35,37,43). The molecular weight excluding hydrogens is 561 g/mol. The lowest BCUT2D eigenvalue weighted by Gasteiger charge is -2.37. The number of likely N-dealkylation sites (N-methyl/N-ethyl adjacent to an activating group) is 1. The number of rotatable bonds is 8. The van der Waals surface area contributed by atoms with Gasteiger partial charge in [-0.3, -0.25) is 14.1 Å². The van der Waals surface area contributed by atoms with Crippen LogP contribution in [0.2, 0.25) is 0 Å². The summed E-state index contributed by atoms with van der Waals surface area (Å²) in [5, 5.41) is 13.5. The zero-order valence-corrected chi connectivity index (χ0v) is 23.8. The monoisotopic (exact) mass is 594 g/mol. The first kappa shape index (κ1) is 30.1. The first-order chi connectivity index (χ1) is 20.5. The lowest BCUT2D eigenvalue weighted by molar-refractivity contribution is -0.137. The molecule has 5 rings (SSSR count). The number of nitrogens with one attached hydrogen (secondary N) is 1. The van der Waals surface area contributed by atoms with E-state index in [0.29, 0.717) is 29.9 Å². The van der Waals surface area contributed by atoms with Crippen molar-refractivity contribution >= 4 is 23.1 Å². The summed E-state index contributed by atoms with van der Waals surface area (Å²) in [7, 11) is 3.92. The number of nitrogen functional groups attached to an aromatic ring is 1. The van der Waals surface area contributed by atoms with Crippen LogP contribution in [0.25, 0.3) is 16.8 Å². The predicted molar refractivity (Wildman–Crippen MR) is 157 cm³/mol. The van der Waals surface area contributed by atoms with Gasteiger partial charge in [-0.15, -0.1) is 0 Å². The maximum atomic E-state index is 13.0. The van der Waals surface area contributed by atoms with E-state index < -0.39 is 23.9 Å². The van der Waals surface area contributed by atoms with Gasteiger partial charge in [0.2, 0.25) is 0 Å². The van der Waals surface area contributed by atoms with Gasteiger partial charge in [0.25, 0.3) is 5.91 Å². The van der Waals surface area contributed by atoms with Crippen molar-refractivity contribution < 1.29 is 23.1 Å². The topological polar surface area (TPSA) is 125 Å². The van der Waals surface area contributed by atoms with Crippen molar-refractivity contribution in [3.63, 3.8) is 0 Å². The Labute approximate surface area is 246 Å². The van der Waals surface area contributed by atoms with E-state index in [2.05, 4.69) is 15.3 Å². The molecule has 1 saturated heterocycles. The molecule has 43 heavy (non-hydrogen) atoms. The van der Waals surface area contributed by atoms with Gasteiger partial charge in [0.1, 0.15) is 34.9 Å². The van der Waals surface area contributed by atoms with Crippen LogP contribution in [-0.2, 0) is 6.18 Å². The number of aliphatic hydroxyl groups is 1. The van der Waals surface area contributed by atoms with Crippen LogP contribution in [0, 0.1) is 0 Å². The quantitative estimate of drug-likeness (QED) is 0.253. The van der Waals surface area contributed by atoms with E-state index >= 15 is 0 Å². The second-order valence-corrected chi connectivity index (χ2v) is 10.7. The Morgan fingerprint density at radius 1 is 1.19 bits per heavy atom. The molecule has 1 aliphatic heterocycles. The maximum Gasteiger partial charge on any atom is 0.416 e. The summed E-state index contributed by atoms with van der Waals surface area (Å²) >= 11 is 0. The number of hydrogen-bond acceptors (Lipinski definition) is 8. The summed E-state index contributed by atoms with van der Waals surface area (Å²) in [5.41, 5.74) is 7.49. The number of fused-ring (bicyclic) bond motifs is 1. The molecule has 1 fully saturated rings. The van der Waals surface area contributed by atoms with Crippen LogP contribution in [0.15, 0.2) is 67.1 Å².